The number of aryl methyl sites for hydroxylation is 1. The molecule has 4 rings (SSSR count). The number of esters is 1. The molecule has 3 aromatic carbocycles. The fourth-order valence-corrected chi connectivity index (χ4v) is 3.47. The van der Waals surface area contributed by atoms with Crippen LogP contribution in [-0.4, -0.2) is 30.0 Å². The first kappa shape index (κ1) is 18.7. The molecule has 0 fully saturated rings. The summed E-state index contributed by atoms with van der Waals surface area (Å²) in [6, 6.07) is 19.3. The lowest BCUT2D eigenvalue weighted by Crippen LogP contribution is -2.19. The Hall–Kier alpha value is -3.60. The van der Waals surface area contributed by atoms with Gasteiger partial charge in [-0.1, -0.05) is 61.5 Å². The molecule has 29 heavy (non-hydrogen) atoms. The van der Waals surface area contributed by atoms with Crippen LogP contribution in [0.15, 0.2) is 66.9 Å². The lowest BCUT2D eigenvalue weighted by molar-refractivity contribution is -0.144. The van der Waals surface area contributed by atoms with Gasteiger partial charge in [-0.05, 0) is 23.4 Å². The van der Waals surface area contributed by atoms with Gasteiger partial charge >= 0.3 is 5.97 Å². The summed E-state index contributed by atoms with van der Waals surface area (Å²) in [5.41, 5.74) is 2.61. The molecular weight excluding hydrogens is 366 g/mol. The Morgan fingerprint density at radius 3 is 2.52 bits per heavy atom. The van der Waals surface area contributed by atoms with E-state index in [0.717, 1.165) is 33.7 Å². The fourth-order valence-electron chi connectivity index (χ4n) is 3.47. The number of benzene rings is 3. The maximum Gasteiger partial charge on any atom is 0.344 e. The van der Waals surface area contributed by atoms with E-state index in [4.69, 9.17) is 9.47 Å². The third kappa shape index (κ3) is 3.85. The van der Waals surface area contributed by atoms with Crippen LogP contribution >= 0.6 is 0 Å². The van der Waals surface area contributed by atoms with Crippen LogP contribution < -0.4 is 4.74 Å². The average Bonchev–Trinajstić information content (AvgIpc) is 3.20. The molecule has 0 atom stereocenters. The summed E-state index contributed by atoms with van der Waals surface area (Å²) in [7, 11) is 0. The van der Waals surface area contributed by atoms with Gasteiger partial charge in [-0.25, -0.2) is 4.79 Å². The number of rotatable bonds is 7. The lowest BCUT2D eigenvalue weighted by Gasteiger charge is -2.09. The van der Waals surface area contributed by atoms with E-state index < -0.39 is 5.97 Å². The summed E-state index contributed by atoms with van der Waals surface area (Å²) >= 11 is 0. The van der Waals surface area contributed by atoms with Crippen molar-refractivity contribution in [3.63, 3.8) is 0 Å². The zero-order valence-electron chi connectivity index (χ0n) is 16.1. The number of carbonyl (C=O) groups excluding carboxylic acids is 2. The number of ether oxygens (including phenoxy) is 2. The highest BCUT2D eigenvalue weighted by Crippen LogP contribution is 2.25. The van der Waals surface area contributed by atoms with Gasteiger partial charge < -0.3 is 14.5 Å². The zero-order chi connectivity index (χ0) is 20.2. The first-order valence-electron chi connectivity index (χ1n) is 9.55. The van der Waals surface area contributed by atoms with Crippen molar-refractivity contribution in [3.8, 4) is 5.75 Å². The highest BCUT2D eigenvalue weighted by atomic mass is 16.6. The van der Waals surface area contributed by atoms with Gasteiger partial charge in [-0.2, -0.15) is 0 Å². The maximum atomic E-state index is 12.5. The third-order valence-electron chi connectivity index (χ3n) is 4.94. The van der Waals surface area contributed by atoms with Crippen LogP contribution in [0.1, 0.15) is 22.8 Å². The van der Waals surface area contributed by atoms with Crippen LogP contribution in [0.2, 0.25) is 0 Å². The Morgan fingerprint density at radius 2 is 1.66 bits per heavy atom. The van der Waals surface area contributed by atoms with Crippen molar-refractivity contribution in [2.24, 2.45) is 0 Å². The van der Waals surface area contributed by atoms with Crippen LogP contribution in [0.25, 0.3) is 21.7 Å². The molecule has 1 N–H and O–H groups in total. The largest absolute Gasteiger partial charge is 0.481 e. The first-order valence-corrected chi connectivity index (χ1v) is 9.55. The number of Topliss-reactive ketones (excluding diaryl/α,β-unsaturated/α-hetero) is 1. The van der Waals surface area contributed by atoms with Crippen LogP contribution in [0.4, 0.5) is 0 Å². The molecule has 1 heterocycles. The number of carbonyl (C=O) groups is 2. The minimum absolute atomic E-state index is 0.247. The topological polar surface area (TPSA) is 68.4 Å². The number of hydrogen-bond acceptors (Lipinski definition) is 4. The SMILES string of the molecule is CCc1cccc2c(C(=O)COC(=O)COc3cccc4ccccc34)c[nH]c12. The summed E-state index contributed by atoms with van der Waals surface area (Å²) in [4.78, 5) is 27.8. The van der Waals surface area contributed by atoms with Crippen molar-refractivity contribution in [3.05, 3.63) is 78.0 Å². The molecule has 0 saturated heterocycles. The van der Waals surface area contributed by atoms with Gasteiger partial charge in [-0.3, -0.25) is 4.79 Å². The molecule has 0 spiro atoms. The monoisotopic (exact) mass is 387 g/mol. The molecule has 0 bridgehead atoms. The van der Waals surface area contributed by atoms with Gasteiger partial charge in [0.1, 0.15) is 5.75 Å². The van der Waals surface area contributed by atoms with E-state index in [0.29, 0.717) is 11.3 Å². The van der Waals surface area contributed by atoms with Crippen molar-refractivity contribution in [1.82, 2.24) is 4.98 Å². The summed E-state index contributed by atoms with van der Waals surface area (Å²) < 4.78 is 10.8. The average molecular weight is 387 g/mol. The predicted octanol–water partition coefficient (Wildman–Crippen LogP) is 4.69. The molecule has 0 aliphatic rings. The Balaban J connectivity index is 1.38. The van der Waals surface area contributed by atoms with Gasteiger partial charge in [0.25, 0.3) is 0 Å². The molecule has 0 aliphatic carbocycles. The fraction of sp³-hybridized carbons (Fsp3) is 0.167. The number of aromatic amines is 1. The number of para-hydroxylation sites is 1. The summed E-state index contributed by atoms with van der Waals surface area (Å²) in [6.45, 7) is 1.49. The Kier molecular flexibility index (Phi) is 5.29. The Morgan fingerprint density at radius 1 is 0.897 bits per heavy atom. The molecule has 5 nitrogen and oxygen atoms in total. The van der Waals surface area contributed by atoms with Crippen molar-refractivity contribution in [2.75, 3.05) is 13.2 Å². The van der Waals surface area contributed by atoms with Crippen LogP contribution in [-0.2, 0) is 16.0 Å². The number of hydrogen-bond donors (Lipinski definition) is 1. The molecule has 4 aromatic rings. The zero-order valence-corrected chi connectivity index (χ0v) is 16.1. The van der Waals surface area contributed by atoms with Gasteiger partial charge in [0.05, 0.1) is 0 Å². The second kappa shape index (κ2) is 8.19. The van der Waals surface area contributed by atoms with E-state index in [1.165, 1.54) is 0 Å². The highest BCUT2D eigenvalue weighted by molar-refractivity contribution is 6.09. The van der Waals surface area contributed by atoms with E-state index in [-0.39, 0.29) is 19.0 Å². The molecular formula is C24H21NO4. The van der Waals surface area contributed by atoms with E-state index in [2.05, 4.69) is 11.9 Å². The predicted molar refractivity (Wildman–Crippen MR) is 112 cm³/mol. The Bertz CT molecular complexity index is 1190. The summed E-state index contributed by atoms with van der Waals surface area (Å²) in [5, 5.41) is 2.79. The van der Waals surface area contributed by atoms with Crippen LogP contribution in [0, 0.1) is 0 Å². The molecule has 5 heteroatoms. The van der Waals surface area contributed by atoms with Crippen LogP contribution in [0.3, 0.4) is 0 Å². The summed E-state index contributed by atoms with van der Waals surface area (Å²) in [5.74, 6) is -0.224. The Labute approximate surface area is 168 Å². The second-order valence-corrected chi connectivity index (χ2v) is 6.75. The van der Waals surface area contributed by atoms with Crippen molar-refractivity contribution < 1.29 is 19.1 Å². The number of ketones is 1. The summed E-state index contributed by atoms with van der Waals surface area (Å²) in [6.07, 6.45) is 2.54. The molecule has 0 radical (unpaired) electrons. The smallest absolute Gasteiger partial charge is 0.344 e. The normalized spacial score (nSPS) is 10.9. The van der Waals surface area contributed by atoms with E-state index in [1.807, 2.05) is 54.6 Å². The quantitative estimate of drug-likeness (QED) is 0.369. The lowest BCUT2D eigenvalue weighted by atomic mass is 10.1. The molecule has 1 aromatic heterocycles. The van der Waals surface area contributed by atoms with E-state index >= 15 is 0 Å². The van der Waals surface area contributed by atoms with E-state index in [1.54, 1.807) is 12.3 Å². The number of aromatic nitrogens is 1. The van der Waals surface area contributed by atoms with Crippen molar-refractivity contribution >= 4 is 33.4 Å². The van der Waals surface area contributed by atoms with Gasteiger partial charge in [0, 0.05) is 28.0 Å². The minimum atomic E-state index is -0.583. The highest BCUT2D eigenvalue weighted by Gasteiger charge is 2.16. The number of nitrogens with one attached hydrogen (secondary N) is 1. The second-order valence-electron chi connectivity index (χ2n) is 6.75. The molecule has 146 valence electrons. The van der Waals surface area contributed by atoms with Crippen molar-refractivity contribution in [1.29, 1.82) is 0 Å². The number of fused-ring (bicyclic) bond motifs is 2. The van der Waals surface area contributed by atoms with Gasteiger partial charge in [0.15, 0.2) is 13.2 Å². The van der Waals surface area contributed by atoms with Crippen molar-refractivity contribution in [2.45, 2.75) is 13.3 Å². The van der Waals surface area contributed by atoms with Crippen LogP contribution in [0.5, 0.6) is 5.75 Å². The standard InChI is InChI=1S/C24H21NO4/c1-2-16-8-5-11-19-20(13-25-24(16)19)21(26)14-29-23(27)15-28-22-12-6-9-17-7-3-4-10-18(17)22/h3-13,25H,2,14-15H2,1H3. The molecule has 0 saturated carbocycles. The van der Waals surface area contributed by atoms with Gasteiger partial charge in [-0.15, -0.1) is 0 Å². The molecule has 0 unspecified atom stereocenters. The first-order chi connectivity index (χ1) is 14.2. The number of H-pyrrole nitrogens is 1. The molecule has 0 aliphatic heterocycles. The van der Waals surface area contributed by atoms with E-state index in [9.17, 15) is 9.59 Å². The minimum Gasteiger partial charge on any atom is -0.481 e. The third-order valence-corrected chi connectivity index (χ3v) is 4.94. The molecule has 0 amide bonds. The maximum absolute atomic E-state index is 12.5. The van der Waals surface area contributed by atoms with Gasteiger partial charge in [0.2, 0.25) is 5.78 Å².